The molecular weight excluding hydrogens is 236 g/mol. The molecule has 2 rings (SSSR count). The van der Waals surface area contributed by atoms with Gasteiger partial charge in [0.1, 0.15) is 0 Å². The van der Waals surface area contributed by atoms with Crippen molar-refractivity contribution in [1.29, 1.82) is 0 Å². The minimum Gasteiger partial charge on any atom is -0.326 e. The number of pyridine rings is 1. The molecule has 0 bridgehead atoms. The highest BCUT2D eigenvalue weighted by Gasteiger charge is 2.04. The predicted molar refractivity (Wildman–Crippen MR) is 78.1 cm³/mol. The largest absolute Gasteiger partial charge is 0.326 e. The van der Waals surface area contributed by atoms with Crippen LogP contribution in [0.1, 0.15) is 23.2 Å². The van der Waals surface area contributed by atoms with Gasteiger partial charge < -0.3 is 10.3 Å². The van der Waals surface area contributed by atoms with Crippen LogP contribution in [0, 0.1) is 6.92 Å². The zero-order valence-corrected chi connectivity index (χ0v) is 11.3. The van der Waals surface area contributed by atoms with E-state index in [0.29, 0.717) is 12.1 Å². The van der Waals surface area contributed by atoms with Crippen molar-refractivity contribution in [2.45, 2.75) is 32.9 Å². The van der Waals surface area contributed by atoms with Crippen molar-refractivity contribution in [3.05, 3.63) is 69.6 Å². The van der Waals surface area contributed by atoms with E-state index in [1.807, 2.05) is 41.8 Å². The van der Waals surface area contributed by atoms with Crippen molar-refractivity contribution in [1.82, 2.24) is 4.57 Å². The van der Waals surface area contributed by atoms with Gasteiger partial charge in [-0.05, 0) is 31.4 Å². The van der Waals surface area contributed by atoms with Gasteiger partial charge >= 0.3 is 0 Å². The summed E-state index contributed by atoms with van der Waals surface area (Å²) in [5.41, 5.74) is 8.62. The minimum absolute atomic E-state index is 0.0514. The second kappa shape index (κ2) is 6.34. The number of nitrogens with zero attached hydrogens (tertiary/aromatic N) is 1. The van der Waals surface area contributed by atoms with Gasteiger partial charge in [-0.25, -0.2) is 0 Å². The van der Waals surface area contributed by atoms with Crippen LogP contribution in [0.3, 0.4) is 0 Å². The van der Waals surface area contributed by atoms with Gasteiger partial charge in [0, 0.05) is 24.3 Å². The molecule has 3 nitrogen and oxygen atoms in total. The molecule has 0 amide bonds. The lowest BCUT2D eigenvalue weighted by molar-refractivity contribution is 0.601. The van der Waals surface area contributed by atoms with E-state index in [-0.39, 0.29) is 5.56 Å². The smallest absolute Gasteiger partial charge is 0.255 e. The minimum atomic E-state index is 0.0514. The lowest BCUT2D eigenvalue weighted by Gasteiger charge is -2.11. The number of rotatable bonds is 5. The van der Waals surface area contributed by atoms with Crippen LogP contribution in [0.25, 0.3) is 0 Å². The van der Waals surface area contributed by atoms with E-state index in [1.165, 1.54) is 5.56 Å². The van der Waals surface area contributed by atoms with Crippen molar-refractivity contribution in [2.75, 3.05) is 0 Å². The molecule has 1 aromatic carbocycles. The molecule has 0 aliphatic carbocycles. The van der Waals surface area contributed by atoms with Gasteiger partial charge in [0.15, 0.2) is 0 Å². The van der Waals surface area contributed by atoms with Crippen LogP contribution < -0.4 is 11.3 Å². The van der Waals surface area contributed by atoms with Crippen LogP contribution in [-0.4, -0.2) is 4.57 Å². The maximum absolute atomic E-state index is 12.1. The molecule has 3 heteroatoms. The summed E-state index contributed by atoms with van der Waals surface area (Å²) >= 11 is 0. The topological polar surface area (TPSA) is 48.0 Å². The number of benzene rings is 1. The second-order valence-corrected chi connectivity index (χ2v) is 4.75. The van der Waals surface area contributed by atoms with E-state index in [9.17, 15) is 4.79 Å². The molecule has 100 valence electrons. The fourth-order valence-corrected chi connectivity index (χ4v) is 2.24. The van der Waals surface area contributed by atoms with Crippen molar-refractivity contribution in [2.24, 2.45) is 5.73 Å². The summed E-state index contributed by atoms with van der Waals surface area (Å²) in [6, 6.07) is 14.1. The number of hydrogen-bond donors (Lipinski definition) is 1. The third-order valence-corrected chi connectivity index (χ3v) is 3.38. The summed E-state index contributed by atoms with van der Waals surface area (Å²) in [6.07, 6.45) is 1.94. The summed E-state index contributed by atoms with van der Waals surface area (Å²) in [5.74, 6) is 0. The van der Waals surface area contributed by atoms with Gasteiger partial charge in [-0.1, -0.05) is 36.4 Å². The Morgan fingerprint density at radius 1 is 1.11 bits per heavy atom. The number of hydrogen-bond acceptors (Lipinski definition) is 2. The van der Waals surface area contributed by atoms with Gasteiger partial charge in [-0.3, -0.25) is 4.79 Å². The Morgan fingerprint density at radius 2 is 1.84 bits per heavy atom. The Kier molecular flexibility index (Phi) is 4.53. The molecule has 2 N–H and O–H groups in total. The standard InChI is InChI=1S/C16H20N2O/c1-13-9-10-15(12-17)16(19)18(13)11-5-8-14-6-3-2-4-7-14/h2-4,6-7,9-10H,5,8,11-12,17H2,1H3. The van der Waals surface area contributed by atoms with E-state index < -0.39 is 0 Å². The molecule has 1 aromatic heterocycles. The highest BCUT2D eigenvalue weighted by molar-refractivity contribution is 5.16. The molecule has 1 heterocycles. The summed E-state index contributed by atoms with van der Waals surface area (Å²) in [5, 5.41) is 0. The van der Waals surface area contributed by atoms with Gasteiger partial charge in [0.2, 0.25) is 0 Å². The van der Waals surface area contributed by atoms with Crippen molar-refractivity contribution in [3.8, 4) is 0 Å². The van der Waals surface area contributed by atoms with Crippen LogP contribution in [0.4, 0.5) is 0 Å². The highest BCUT2D eigenvalue weighted by atomic mass is 16.1. The Balaban J connectivity index is 2.06. The van der Waals surface area contributed by atoms with Crippen LogP contribution in [0.15, 0.2) is 47.3 Å². The number of aryl methyl sites for hydroxylation is 2. The van der Waals surface area contributed by atoms with E-state index in [1.54, 1.807) is 0 Å². The summed E-state index contributed by atoms with van der Waals surface area (Å²) < 4.78 is 1.82. The fraction of sp³-hybridized carbons (Fsp3) is 0.312. The quantitative estimate of drug-likeness (QED) is 0.892. The van der Waals surface area contributed by atoms with E-state index in [0.717, 1.165) is 25.1 Å². The Hall–Kier alpha value is -1.87. The SMILES string of the molecule is Cc1ccc(CN)c(=O)n1CCCc1ccccc1. The zero-order chi connectivity index (χ0) is 13.7. The van der Waals surface area contributed by atoms with Gasteiger partial charge in [0.05, 0.1) is 0 Å². The van der Waals surface area contributed by atoms with Crippen molar-refractivity contribution >= 4 is 0 Å². The molecular formula is C16H20N2O. The highest BCUT2D eigenvalue weighted by Crippen LogP contribution is 2.05. The fourth-order valence-electron chi connectivity index (χ4n) is 2.24. The normalized spacial score (nSPS) is 10.6. The van der Waals surface area contributed by atoms with Gasteiger partial charge in [-0.2, -0.15) is 0 Å². The lowest BCUT2D eigenvalue weighted by atomic mass is 10.1. The molecule has 0 unspecified atom stereocenters. The van der Waals surface area contributed by atoms with E-state index >= 15 is 0 Å². The first-order chi connectivity index (χ1) is 9.22. The first-order valence-corrected chi connectivity index (χ1v) is 6.65. The Morgan fingerprint density at radius 3 is 2.53 bits per heavy atom. The lowest BCUT2D eigenvalue weighted by Crippen LogP contribution is -2.27. The first kappa shape index (κ1) is 13.6. The molecule has 0 atom stereocenters. The molecule has 0 saturated carbocycles. The molecule has 0 spiro atoms. The molecule has 19 heavy (non-hydrogen) atoms. The monoisotopic (exact) mass is 256 g/mol. The van der Waals surface area contributed by atoms with Gasteiger partial charge in [-0.15, -0.1) is 0 Å². The molecule has 0 saturated heterocycles. The number of aromatic nitrogens is 1. The molecule has 0 aliphatic heterocycles. The third-order valence-electron chi connectivity index (χ3n) is 3.38. The predicted octanol–water partition coefficient (Wildman–Crippen LogP) is 2.25. The summed E-state index contributed by atoms with van der Waals surface area (Å²) in [4.78, 5) is 12.1. The Labute approximate surface area is 113 Å². The second-order valence-electron chi connectivity index (χ2n) is 4.75. The third kappa shape index (κ3) is 3.32. The Bertz CT molecular complexity index is 587. The molecule has 0 fully saturated rings. The van der Waals surface area contributed by atoms with Crippen LogP contribution in [0.5, 0.6) is 0 Å². The van der Waals surface area contributed by atoms with Crippen LogP contribution in [0.2, 0.25) is 0 Å². The average molecular weight is 256 g/mol. The van der Waals surface area contributed by atoms with Crippen LogP contribution in [-0.2, 0) is 19.5 Å². The maximum Gasteiger partial charge on any atom is 0.255 e. The molecule has 0 radical (unpaired) electrons. The number of nitrogens with two attached hydrogens (primary N) is 1. The maximum atomic E-state index is 12.1. The van der Waals surface area contributed by atoms with Crippen LogP contribution >= 0.6 is 0 Å². The van der Waals surface area contributed by atoms with E-state index in [4.69, 9.17) is 5.73 Å². The molecule has 0 aliphatic rings. The average Bonchev–Trinajstić information content (AvgIpc) is 2.44. The summed E-state index contributed by atoms with van der Waals surface area (Å²) in [6.45, 7) is 3.01. The van der Waals surface area contributed by atoms with Crippen molar-refractivity contribution < 1.29 is 0 Å². The zero-order valence-electron chi connectivity index (χ0n) is 11.3. The van der Waals surface area contributed by atoms with Crippen molar-refractivity contribution in [3.63, 3.8) is 0 Å². The van der Waals surface area contributed by atoms with Gasteiger partial charge in [0.25, 0.3) is 5.56 Å². The first-order valence-electron chi connectivity index (χ1n) is 6.65. The molecule has 2 aromatic rings. The van der Waals surface area contributed by atoms with E-state index in [2.05, 4.69) is 12.1 Å². The summed E-state index contributed by atoms with van der Waals surface area (Å²) in [7, 11) is 0.